The van der Waals surface area contributed by atoms with E-state index in [1.165, 1.54) is 4.90 Å². The number of hydrogen-bond acceptors (Lipinski definition) is 3. The van der Waals surface area contributed by atoms with Gasteiger partial charge in [0.25, 0.3) is 5.91 Å². The van der Waals surface area contributed by atoms with Crippen molar-refractivity contribution in [2.75, 3.05) is 4.90 Å². The van der Waals surface area contributed by atoms with Crippen LogP contribution in [-0.4, -0.2) is 17.2 Å². The Hall–Kier alpha value is -1.10. The van der Waals surface area contributed by atoms with Crippen LogP contribution in [0.25, 0.3) is 0 Å². The molecule has 1 aliphatic rings. The molecule has 100 valence electrons. The molecule has 0 bridgehead atoms. The van der Waals surface area contributed by atoms with E-state index in [-0.39, 0.29) is 35.1 Å². The SMILES string of the molecule is Cc1ccc(N2C(=O)/C(=C\[O-])C(=O)C2(C)C)cc1C.[Na+]. The molecule has 0 unspecified atom stereocenters. The third kappa shape index (κ3) is 2.43. The Kier molecular flexibility index (Phi) is 4.85. The standard InChI is InChI=1S/C15H17NO3.Na/c1-9-5-6-11(7-10(9)2)16-14(19)12(8-17)13(18)15(16,3)4;/h5-8,17H,1-4H3;/q;+1/p-1/b12-8-;. The molecule has 0 aromatic heterocycles. The van der Waals surface area contributed by atoms with Crippen molar-refractivity contribution in [1.29, 1.82) is 0 Å². The normalized spacial score (nSPS) is 19.4. The minimum absolute atomic E-state index is 0. The summed E-state index contributed by atoms with van der Waals surface area (Å²) in [6, 6.07) is 5.55. The summed E-state index contributed by atoms with van der Waals surface area (Å²) in [4.78, 5) is 25.7. The summed E-state index contributed by atoms with van der Waals surface area (Å²) >= 11 is 0. The molecule has 0 spiro atoms. The van der Waals surface area contributed by atoms with Gasteiger partial charge in [-0.05, 0) is 51.0 Å². The van der Waals surface area contributed by atoms with Crippen LogP contribution in [0.2, 0.25) is 0 Å². The number of ketones is 1. The average Bonchev–Trinajstić information content (AvgIpc) is 2.50. The van der Waals surface area contributed by atoms with Crippen LogP contribution in [0.4, 0.5) is 5.69 Å². The van der Waals surface area contributed by atoms with Crippen molar-refractivity contribution in [3.63, 3.8) is 0 Å². The molecule has 1 aromatic rings. The van der Waals surface area contributed by atoms with Gasteiger partial charge in [-0.25, -0.2) is 0 Å². The molecular formula is C15H16NNaO3. The topological polar surface area (TPSA) is 60.4 Å². The molecule has 1 aliphatic heterocycles. The van der Waals surface area contributed by atoms with Crippen molar-refractivity contribution in [2.24, 2.45) is 0 Å². The van der Waals surface area contributed by atoms with Crippen LogP contribution in [0.15, 0.2) is 30.0 Å². The maximum atomic E-state index is 12.2. The Labute approximate surface area is 140 Å². The first-order valence-corrected chi connectivity index (χ1v) is 6.09. The van der Waals surface area contributed by atoms with E-state index in [0.717, 1.165) is 11.1 Å². The summed E-state index contributed by atoms with van der Waals surface area (Å²) < 4.78 is 0. The van der Waals surface area contributed by atoms with Crippen molar-refractivity contribution in [3.05, 3.63) is 41.2 Å². The number of benzene rings is 1. The van der Waals surface area contributed by atoms with Crippen molar-refractivity contribution in [3.8, 4) is 0 Å². The van der Waals surface area contributed by atoms with Gasteiger partial charge in [0.2, 0.25) is 0 Å². The van der Waals surface area contributed by atoms with Gasteiger partial charge in [-0.1, -0.05) is 6.07 Å². The molecule has 1 amide bonds. The zero-order valence-electron chi connectivity index (χ0n) is 12.5. The Morgan fingerprint density at radius 2 is 1.75 bits per heavy atom. The number of carbonyl (C=O) groups excluding carboxylic acids is 2. The van der Waals surface area contributed by atoms with E-state index in [4.69, 9.17) is 0 Å². The maximum absolute atomic E-state index is 12.2. The number of carbonyl (C=O) groups is 2. The monoisotopic (exact) mass is 281 g/mol. The van der Waals surface area contributed by atoms with Gasteiger partial charge in [-0.3, -0.25) is 14.5 Å². The van der Waals surface area contributed by atoms with Gasteiger partial charge in [0.1, 0.15) is 5.54 Å². The van der Waals surface area contributed by atoms with E-state index in [1.807, 2.05) is 26.0 Å². The van der Waals surface area contributed by atoms with Crippen molar-refractivity contribution in [2.45, 2.75) is 33.2 Å². The van der Waals surface area contributed by atoms with E-state index in [2.05, 4.69) is 0 Å². The summed E-state index contributed by atoms with van der Waals surface area (Å²) in [6.45, 7) is 7.22. The van der Waals surface area contributed by atoms with E-state index in [1.54, 1.807) is 19.9 Å². The second-order valence-corrected chi connectivity index (χ2v) is 5.33. The van der Waals surface area contributed by atoms with Crippen molar-refractivity contribution in [1.82, 2.24) is 0 Å². The Morgan fingerprint density at radius 1 is 1.15 bits per heavy atom. The van der Waals surface area contributed by atoms with E-state index < -0.39 is 17.2 Å². The largest absolute Gasteiger partial charge is 1.00 e. The number of aryl methyl sites for hydroxylation is 2. The molecule has 0 N–H and O–H groups in total. The molecule has 4 nitrogen and oxygen atoms in total. The van der Waals surface area contributed by atoms with Gasteiger partial charge in [-0.2, -0.15) is 0 Å². The van der Waals surface area contributed by atoms with E-state index >= 15 is 0 Å². The summed E-state index contributed by atoms with van der Waals surface area (Å²) in [5, 5.41) is 10.9. The van der Waals surface area contributed by atoms with Gasteiger partial charge in [0.15, 0.2) is 5.78 Å². The zero-order chi connectivity index (χ0) is 14.4. The van der Waals surface area contributed by atoms with Crippen LogP contribution in [-0.2, 0) is 9.59 Å². The fraction of sp³-hybridized carbons (Fsp3) is 0.333. The fourth-order valence-electron chi connectivity index (χ4n) is 2.31. The van der Waals surface area contributed by atoms with Gasteiger partial charge in [0, 0.05) is 5.69 Å². The number of Topliss-reactive ketones (excluding diaryl/α,β-unsaturated/α-hetero) is 1. The molecule has 2 rings (SSSR count). The average molecular weight is 281 g/mol. The number of amides is 1. The molecule has 1 aromatic carbocycles. The van der Waals surface area contributed by atoms with E-state index in [0.29, 0.717) is 11.9 Å². The fourth-order valence-corrected chi connectivity index (χ4v) is 2.31. The zero-order valence-corrected chi connectivity index (χ0v) is 14.5. The Bertz CT molecular complexity index is 605. The van der Waals surface area contributed by atoms with Crippen LogP contribution in [0, 0.1) is 13.8 Å². The Morgan fingerprint density at radius 3 is 2.20 bits per heavy atom. The molecule has 1 fully saturated rings. The maximum Gasteiger partial charge on any atom is 1.00 e. The van der Waals surface area contributed by atoms with Gasteiger partial charge < -0.3 is 5.11 Å². The third-order valence-electron chi connectivity index (χ3n) is 3.66. The summed E-state index contributed by atoms with van der Waals surface area (Å²) in [5.41, 5.74) is 1.49. The molecule has 1 saturated heterocycles. The van der Waals surface area contributed by atoms with E-state index in [9.17, 15) is 14.7 Å². The quantitative estimate of drug-likeness (QED) is 0.265. The summed E-state index contributed by atoms with van der Waals surface area (Å²) in [7, 11) is 0. The van der Waals surface area contributed by atoms with Crippen molar-refractivity contribution >= 4 is 17.4 Å². The summed E-state index contributed by atoms with van der Waals surface area (Å²) in [6.07, 6.45) is 0.355. The molecule has 5 heteroatoms. The van der Waals surface area contributed by atoms with Crippen LogP contribution in [0.5, 0.6) is 0 Å². The third-order valence-corrected chi connectivity index (χ3v) is 3.66. The number of rotatable bonds is 1. The van der Waals surface area contributed by atoms with Crippen LogP contribution in [0.3, 0.4) is 0 Å². The summed E-state index contributed by atoms with van der Waals surface area (Å²) in [5.74, 6) is -0.945. The number of nitrogens with zero attached hydrogens (tertiary/aromatic N) is 1. The molecular weight excluding hydrogens is 265 g/mol. The second-order valence-electron chi connectivity index (χ2n) is 5.33. The van der Waals surface area contributed by atoms with Crippen LogP contribution >= 0.6 is 0 Å². The predicted octanol–water partition coefficient (Wildman–Crippen LogP) is -1.75. The molecule has 0 aliphatic carbocycles. The minimum atomic E-state index is -1.02. The molecule has 1 heterocycles. The van der Waals surface area contributed by atoms with Gasteiger partial charge >= 0.3 is 29.6 Å². The van der Waals surface area contributed by atoms with Crippen molar-refractivity contribution < 1.29 is 44.3 Å². The molecule has 20 heavy (non-hydrogen) atoms. The first kappa shape index (κ1) is 17.0. The minimum Gasteiger partial charge on any atom is -0.877 e. The first-order chi connectivity index (χ1) is 8.80. The first-order valence-electron chi connectivity index (χ1n) is 6.09. The van der Waals surface area contributed by atoms with Crippen LogP contribution < -0.4 is 39.6 Å². The molecule has 0 radical (unpaired) electrons. The van der Waals surface area contributed by atoms with Gasteiger partial charge in [0.05, 0.1) is 5.57 Å². The van der Waals surface area contributed by atoms with Crippen LogP contribution in [0.1, 0.15) is 25.0 Å². The number of anilines is 1. The molecule has 0 saturated carbocycles. The molecule has 0 atom stereocenters. The second kappa shape index (κ2) is 5.72. The predicted molar refractivity (Wildman–Crippen MR) is 70.6 cm³/mol. The number of hydrogen-bond donors (Lipinski definition) is 0. The van der Waals surface area contributed by atoms with Gasteiger partial charge in [-0.15, -0.1) is 6.26 Å². The smallest absolute Gasteiger partial charge is 0.877 e. The Balaban J connectivity index is 0.00000200.